The molecule has 0 radical (unpaired) electrons. The number of aliphatic hydroxyl groups is 1. The third kappa shape index (κ3) is 3.06. The van der Waals surface area contributed by atoms with E-state index in [0.717, 1.165) is 31.2 Å². The molecule has 2 fully saturated rings. The standard InChI is InChI=1S/C22H28O5/c1-12(23)26-14-4-5-15-16-8-9-22(3)19(6-7-21(22)27-13(2)24)17(16)11-20(25)18(15)10-14/h4-5,10,16-17,19-21,25H,6-9,11H2,1-3H3/t16-,17-,19+,20?,21?,22+/m1/s1. The van der Waals surface area contributed by atoms with E-state index in [0.29, 0.717) is 29.9 Å². The molecular formula is C22H28O5. The molecule has 146 valence electrons. The van der Waals surface area contributed by atoms with Gasteiger partial charge in [0.15, 0.2) is 0 Å². The Hall–Kier alpha value is -1.88. The third-order valence-electron chi connectivity index (χ3n) is 7.23. The zero-order valence-electron chi connectivity index (χ0n) is 16.2. The van der Waals surface area contributed by atoms with Crippen molar-refractivity contribution >= 4 is 11.9 Å². The van der Waals surface area contributed by atoms with Crippen molar-refractivity contribution in [1.82, 2.24) is 0 Å². The van der Waals surface area contributed by atoms with E-state index >= 15 is 0 Å². The fourth-order valence-electron chi connectivity index (χ4n) is 6.14. The van der Waals surface area contributed by atoms with Gasteiger partial charge in [-0.1, -0.05) is 13.0 Å². The Morgan fingerprint density at radius 3 is 2.59 bits per heavy atom. The minimum absolute atomic E-state index is 0.00173. The van der Waals surface area contributed by atoms with Crippen molar-refractivity contribution in [3.63, 3.8) is 0 Å². The second-order valence-electron chi connectivity index (χ2n) is 8.73. The van der Waals surface area contributed by atoms with Crippen LogP contribution < -0.4 is 4.74 Å². The number of benzene rings is 1. The number of carbonyl (C=O) groups excluding carboxylic acids is 2. The fourth-order valence-corrected chi connectivity index (χ4v) is 6.14. The third-order valence-corrected chi connectivity index (χ3v) is 7.23. The first-order valence-electron chi connectivity index (χ1n) is 9.97. The lowest BCUT2D eigenvalue weighted by molar-refractivity contribution is -0.155. The molecule has 1 aromatic rings. The van der Waals surface area contributed by atoms with Crippen LogP contribution >= 0.6 is 0 Å². The van der Waals surface area contributed by atoms with E-state index < -0.39 is 6.10 Å². The van der Waals surface area contributed by atoms with Crippen LogP contribution in [-0.2, 0) is 14.3 Å². The molecule has 3 aliphatic carbocycles. The van der Waals surface area contributed by atoms with E-state index in [1.165, 1.54) is 19.4 Å². The molecule has 0 saturated heterocycles. The SMILES string of the molecule is CC(=O)Oc1ccc2c(c1)C(O)C[C@@H]1[C@@H]2CC[C@]2(C)C(OC(C)=O)CC[C@@H]12. The maximum atomic E-state index is 11.5. The van der Waals surface area contributed by atoms with E-state index in [1.807, 2.05) is 18.2 Å². The maximum Gasteiger partial charge on any atom is 0.308 e. The summed E-state index contributed by atoms with van der Waals surface area (Å²) in [6.45, 7) is 5.14. The van der Waals surface area contributed by atoms with Gasteiger partial charge in [0.1, 0.15) is 11.9 Å². The highest BCUT2D eigenvalue weighted by Gasteiger charge is 2.56. The average Bonchev–Trinajstić information content (AvgIpc) is 2.91. The Balaban J connectivity index is 1.63. The molecule has 0 heterocycles. The highest BCUT2D eigenvalue weighted by Crippen LogP contribution is 2.62. The van der Waals surface area contributed by atoms with Crippen LogP contribution in [0.5, 0.6) is 5.75 Å². The minimum atomic E-state index is -0.549. The molecule has 5 heteroatoms. The van der Waals surface area contributed by atoms with Gasteiger partial charge in [0.25, 0.3) is 0 Å². The van der Waals surface area contributed by atoms with E-state index in [1.54, 1.807) is 0 Å². The number of aliphatic hydroxyl groups excluding tert-OH is 1. The first-order valence-corrected chi connectivity index (χ1v) is 9.97. The van der Waals surface area contributed by atoms with Crippen molar-refractivity contribution < 1.29 is 24.2 Å². The Morgan fingerprint density at radius 2 is 1.89 bits per heavy atom. The van der Waals surface area contributed by atoms with Gasteiger partial charge in [-0.3, -0.25) is 9.59 Å². The van der Waals surface area contributed by atoms with Crippen LogP contribution in [0, 0.1) is 17.3 Å². The van der Waals surface area contributed by atoms with Gasteiger partial charge in [-0.05, 0) is 73.1 Å². The van der Waals surface area contributed by atoms with Crippen molar-refractivity contribution in [2.75, 3.05) is 0 Å². The van der Waals surface area contributed by atoms with Crippen LogP contribution in [0.1, 0.15) is 76.0 Å². The Morgan fingerprint density at radius 1 is 1.11 bits per heavy atom. The first kappa shape index (κ1) is 18.5. The Kier molecular flexibility index (Phi) is 4.53. The molecule has 2 saturated carbocycles. The quantitative estimate of drug-likeness (QED) is 0.630. The summed E-state index contributed by atoms with van der Waals surface area (Å²) in [5, 5.41) is 10.8. The van der Waals surface area contributed by atoms with Gasteiger partial charge < -0.3 is 14.6 Å². The van der Waals surface area contributed by atoms with Gasteiger partial charge in [0.2, 0.25) is 0 Å². The Labute approximate surface area is 160 Å². The molecule has 0 aliphatic heterocycles. The van der Waals surface area contributed by atoms with Crippen LogP contribution in [0.3, 0.4) is 0 Å². The lowest BCUT2D eigenvalue weighted by Gasteiger charge is -2.51. The maximum absolute atomic E-state index is 11.5. The van der Waals surface area contributed by atoms with Gasteiger partial charge in [0.05, 0.1) is 6.10 Å². The predicted octanol–water partition coefficient (Wildman–Crippen LogP) is 3.89. The fraction of sp³-hybridized carbons (Fsp3) is 0.636. The molecule has 5 nitrogen and oxygen atoms in total. The molecule has 1 N–H and O–H groups in total. The lowest BCUT2D eigenvalue weighted by Crippen LogP contribution is -2.45. The molecule has 0 aromatic heterocycles. The van der Waals surface area contributed by atoms with Crippen molar-refractivity contribution in [2.45, 2.75) is 71.0 Å². The summed E-state index contributed by atoms with van der Waals surface area (Å²) in [4.78, 5) is 22.8. The molecule has 0 bridgehead atoms. The van der Waals surface area contributed by atoms with Crippen LogP contribution in [-0.4, -0.2) is 23.1 Å². The summed E-state index contributed by atoms with van der Waals surface area (Å²) >= 11 is 0. The van der Waals surface area contributed by atoms with E-state index in [-0.39, 0.29) is 23.5 Å². The Bertz CT molecular complexity index is 772. The molecule has 1 aromatic carbocycles. The second kappa shape index (κ2) is 6.62. The number of carbonyl (C=O) groups is 2. The minimum Gasteiger partial charge on any atom is -0.462 e. The molecule has 4 rings (SSSR count). The van der Waals surface area contributed by atoms with Gasteiger partial charge >= 0.3 is 11.9 Å². The molecule has 3 aliphatic rings. The normalized spacial score (nSPS) is 37.0. The predicted molar refractivity (Wildman–Crippen MR) is 99.2 cm³/mol. The van der Waals surface area contributed by atoms with Crippen LogP contribution in [0.15, 0.2) is 18.2 Å². The zero-order valence-corrected chi connectivity index (χ0v) is 16.2. The zero-order chi connectivity index (χ0) is 19.3. The number of rotatable bonds is 2. The molecule has 2 unspecified atom stereocenters. The molecule has 6 atom stereocenters. The highest BCUT2D eigenvalue weighted by atomic mass is 16.5. The smallest absolute Gasteiger partial charge is 0.308 e. The average molecular weight is 372 g/mol. The summed E-state index contributed by atoms with van der Waals surface area (Å²) in [5.74, 6) is 1.20. The van der Waals surface area contributed by atoms with E-state index in [2.05, 4.69) is 6.92 Å². The van der Waals surface area contributed by atoms with Crippen molar-refractivity contribution in [3.05, 3.63) is 29.3 Å². The van der Waals surface area contributed by atoms with Crippen LogP contribution in [0.25, 0.3) is 0 Å². The van der Waals surface area contributed by atoms with E-state index in [9.17, 15) is 14.7 Å². The molecular weight excluding hydrogens is 344 g/mol. The number of fused-ring (bicyclic) bond motifs is 5. The van der Waals surface area contributed by atoms with Gasteiger partial charge in [0, 0.05) is 19.3 Å². The summed E-state index contributed by atoms with van der Waals surface area (Å²) in [6, 6.07) is 5.68. The monoisotopic (exact) mass is 372 g/mol. The van der Waals surface area contributed by atoms with Crippen molar-refractivity contribution in [3.8, 4) is 5.75 Å². The topological polar surface area (TPSA) is 72.8 Å². The van der Waals surface area contributed by atoms with Crippen LogP contribution in [0.4, 0.5) is 0 Å². The number of hydrogen-bond donors (Lipinski definition) is 1. The second-order valence-corrected chi connectivity index (χ2v) is 8.73. The van der Waals surface area contributed by atoms with Gasteiger partial charge in [-0.15, -0.1) is 0 Å². The van der Waals surface area contributed by atoms with Gasteiger partial charge in [-0.2, -0.15) is 0 Å². The molecule has 0 amide bonds. The highest BCUT2D eigenvalue weighted by molar-refractivity contribution is 5.69. The summed E-state index contributed by atoms with van der Waals surface area (Å²) in [6.07, 6.45) is 4.17. The summed E-state index contributed by atoms with van der Waals surface area (Å²) in [7, 11) is 0. The molecule has 0 spiro atoms. The summed E-state index contributed by atoms with van der Waals surface area (Å²) in [5.41, 5.74) is 2.09. The van der Waals surface area contributed by atoms with E-state index in [4.69, 9.17) is 9.47 Å². The van der Waals surface area contributed by atoms with Gasteiger partial charge in [-0.25, -0.2) is 0 Å². The number of hydrogen-bond acceptors (Lipinski definition) is 5. The molecule has 27 heavy (non-hydrogen) atoms. The van der Waals surface area contributed by atoms with Crippen molar-refractivity contribution in [2.24, 2.45) is 17.3 Å². The summed E-state index contributed by atoms with van der Waals surface area (Å²) < 4.78 is 10.9. The lowest BCUT2D eigenvalue weighted by atomic mass is 9.55. The number of ether oxygens (including phenoxy) is 2. The largest absolute Gasteiger partial charge is 0.462 e. The number of esters is 2. The van der Waals surface area contributed by atoms with Crippen molar-refractivity contribution in [1.29, 1.82) is 0 Å². The first-order chi connectivity index (χ1) is 12.8. The van der Waals surface area contributed by atoms with Crippen LogP contribution in [0.2, 0.25) is 0 Å².